The molecule has 2 N–H and O–H groups in total. The first-order chi connectivity index (χ1) is 7.96. The van der Waals surface area contributed by atoms with Gasteiger partial charge in [-0.25, -0.2) is 0 Å². The molecule has 1 amide bonds. The van der Waals surface area contributed by atoms with Gasteiger partial charge in [-0.05, 0) is 30.8 Å². The van der Waals surface area contributed by atoms with E-state index in [0.29, 0.717) is 5.92 Å². The van der Waals surface area contributed by atoms with Crippen LogP contribution in [0, 0.1) is 17.3 Å². The standard InChI is InChI=1S/C13H26N2O2/c1-10(11-7-14-8-11)12(16)15-9-13(2,3)5-6-17-4/h10-11,14H,5-9H2,1-4H3,(H,15,16). The molecule has 0 aromatic carbocycles. The maximum absolute atomic E-state index is 11.9. The van der Waals surface area contributed by atoms with E-state index < -0.39 is 0 Å². The van der Waals surface area contributed by atoms with Crippen LogP contribution in [0.4, 0.5) is 0 Å². The van der Waals surface area contributed by atoms with Crippen molar-refractivity contribution in [1.29, 1.82) is 0 Å². The summed E-state index contributed by atoms with van der Waals surface area (Å²) in [5.41, 5.74) is 0.100. The van der Waals surface area contributed by atoms with Gasteiger partial charge in [0.05, 0.1) is 0 Å². The van der Waals surface area contributed by atoms with Crippen molar-refractivity contribution in [3.05, 3.63) is 0 Å². The Morgan fingerprint density at radius 2 is 2.18 bits per heavy atom. The van der Waals surface area contributed by atoms with Gasteiger partial charge in [-0.3, -0.25) is 4.79 Å². The molecule has 100 valence electrons. The van der Waals surface area contributed by atoms with Gasteiger partial charge >= 0.3 is 0 Å². The molecule has 0 bridgehead atoms. The highest BCUT2D eigenvalue weighted by atomic mass is 16.5. The minimum Gasteiger partial charge on any atom is -0.385 e. The number of ether oxygens (including phenoxy) is 1. The Balaban J connectivity index is 2.26. The zero-order valence-corrected chi connectivity index (χ0v) is 11.5. The van der Waals surface area contributed by atoms with E-state index in [0.717, 1.165) is 32.7 Å². The highest BCUT2D eigenvalue weighted by molar-refractivity contribution is 5.78. The summed E-state index contributed by atoms with van der Waals surface area (Å²) in [6.45, 7) is 9.74. The quantitative estimate of drug-likeness (QED) is 0.701. The fraction of sp³-hybridized carbons (Fsp3) is 0.923. The van der Waals surface area contributed by atoms with Gasteiger partial charge < -0.3 is 15.4 Å². The van der Waals surface area contributed by atoms with Crippen LogP contribution < -0.4 is 10.6 Å². The second kappa shape index (κ2) is 6.36. The lowest BCUT2D eigenvalue weighted by molar-refractivity contribution is -0.127. The molecule has 4 nitrogen and oxygen atoms in total. The van der Waals surface area contributed by atoms with Gasteiger partial charge in [-0.15, -0.1) is 0 Å². The number of nitrogens with one attached hydrogen (secondary N) is 2. The van der Waals surface area contributed by atoms with Gasteiger partial charge in [-0.2, -0.15) is 0 Å². The van der Waals surface area contributed by atoms with Crippen molar-refractivity contribution in [3.63, 3.8) is 0 Å². The third-order valence-corrected chi connectivity index (χ3v) is 3.66. The molecule has 0 aromatic rings. The lowest BCUT2D eigenvalue weighted by atomic mass is 9.86. The number of rotatable bonds is 7. The van der Waals surface area contributed by atoms with E-state index in [-0.39, 0.29) is 17.2 Å². The second-order valence-corrected chi connectivity index (χ2v) is 5.83. The zero-order valence-electron chi connectivity index (χ0n) is 11.5. The summed E-state index contributed by atoms with van der Waals surface area (Å²) in [7, 11) is 1.71. The van der Waals surface area contributed by atoms with E-state index in [9.17, 15) is 4.79 Å². The largest absolute Gasteiger partial charge is 0.385 e. The van der Waals surface area contributed by atoms with Crippen molar-refractivity contribution in [2.24, 2.45) is 17.3 Å². The molecule has 0 spiro atoms. The van der Waals surface area contributed by atoms with Gasteiger partial charge in [-0.1, -0.05) is 20.8 Å². The molecule has 1 atom stereocenters. The second-order valence-electron chi connectivity index (χ2n) is 5.83. The van der Waals surface area contributed by atoms with Crippen LogP contribution in [0.15, 0.2) is 0 Å². The Morgan fingerprint density at radius 3 is 2.65 bits per heavy atom. The average molecular weight is 242 g/mol. The number of carbonyl (C=O) groups is 1. The van der Waals surface area contributed by atoms with E-state index >= 15 is 0 Å². The maximum atomic E-state index is 11.9. The summed E-state index contributed by atoms with van der Waals surface area (Å²) in [5, 5.41) is 6.26. The number of carbonyl (C=O) groups excluding carboxylic acids is 1. The van der Waals surface area contributed by atoms with Crippen molar-refractivity contribution in [2.75, 3.05) is 33.4 Å². The molecule has 1 aliphatic rings. The smallest absolute Gasteiger partial charge is 0.223 e. The number of hydrogen-bond acceptors (Lipinski definition) is 3. The third-order valence-electron chi connectivity index (χ3n) is 3.66. The summed E-state index contributed by atoms with van der Waals surface area (Å²) in [6, 6.07) is 0. The van der Waals surface area contributed by atoms with E-state index in [2.05, 4.69) is 24.5 Å². The lowest BCUT2D eigenvalue weighted by Gasteiger charge is -2.33. The van der Waals surface area contributed by atoms with Crippen molar-refractivity contribution in [3.8, 4) is 0 Å². The first-order valence-corrected chi connectivity index (χ1v) is 6.43. The average Bonchev–Trinajstić information content (AvgIpc) is 2.21. The SMILES string of the molecule is COCCC(C)(C)CNC(=O)C(C)C1CNC1. The van der Waals surface area contributed by atoms with E-state index in [1.807, 2.05) is 6.92 Å². The fourth-order valence-corrected chi connectivity index (χ4v) is 1.83. The molecular formula is C13H26N2O2. The molecule has 17 heavy (non-hydrogen) atoms. The lowest BCUT2D eigenvalue weighted by Crippen LogP contribution is -2.50. The summed E-state index contributed by atoms with van der Waals surface area (Å²) in [4.78, 5) is 11.9. The van der Waals surface area contributed by atoms with Crippen molar-refractivity contribution < 1.29 is 9.53 Å². The molecular weight excluding hydrogens is 216 g/mol. The molecule has 1 unspecified atom stereocenters. The third kappa shape index (κ3) is 4.64. The van der Waals surface area contributed by atoms with Crippen LogP contribution in [0.2, 0.25) is 0 Å². The first kappa shape index (κ1) is 14.5. The van der Waals surface area contributed by atoms with Crippen LogP contribution in [0.5, 0.6) is 0 Å². The molecule has 1 heterocycles. The molecule has 1 fully saturated rings. The molecule has 0 saturated carbocycles. The zero-order chi connectivity index (χ0) is 12.9. The molecule has 4 heteroatoms. The molecule has 1 aliphatic heterocycles. The summed E-state index contributed by atoms with van der Waals surface area (Å²) in [5.74, 6) is 0.813. The molecule has 1 rings (SSSR count). The van der Waals surface area contributed by atoms with Crippen LogP contribution in [0.1, 0.15) is 27.2 Å². The predicted molar refractivity (Wildman–Crippen MR) is 68.8 cm³/mol. The topological polar surface area (TPSA) is 50.4 Å². The van der Waals surface area contributed by atoms with Crippen LogP contribution in [-0.2, 0) is 9.53 Å². The predicted octanol–water partition coefficient (Wildman–Crippen LogP) is 1.02. The van der Waals surface area contributed by atoms with Gasteiger partial charge in [0.25, 0.3) is 0 Å². The normalized spacial score (nSPS) is 18.6. The monoisotopic (exact) mass is 242 g/mol. The molecule has 0 aromatic heterocycles. The molecule has 0 aliphatic carbocycles. The molecule has 0 radical (unpaired) electrons. The van der Waals surface area contributed by atoms with Crippen molar-refractivity contribution in [1.82, 2.24) is 10.6 Å². The van der Waals surface area contributed by atoms with Crippen LogP contribution in [0.3, 0.4) is 0 Å². The van der Waals surface area contributed by atoms with Crippen LogP contribution >= 0.6 is 0 Å². The Kier molecular flexibility index (Phi) is 5.40. The van der Waals surface area contributed by atoms with Crippen LogP contribution in [-0.4, -0.2) is 39.3 Å². The highest BCUT2D eigenvalue weighted by Crippen LogP contribution is 2.20. The van der Waals surface area contributed by atoms with Crippen LogP contribution in [0.25, 0.3) is 0 Å². The number of amides is 1. The maximum Gasteiger partial charge on any atom is 0.223 e. The van der Waals surface area contributed by atoms with Crippen molar-refractivity contribution >= 4 is 5.91 Å². The Morgan fingerprint density at radius 1 is 1.53 bits per heavy atom. The first-order valence-electron chi connectivity index (χ1n) is 6.43. The summed E-state index contributed by atoms with van der Waals surface area (Å²) in [6.07, 6.45) is 0.961. The Bertz CT molecular complexity index is 250. The summed E-state index contributed by atoms with van der Waals surface area (Å²) >= 11 is 0. The van der Waals surface area contributed by atoms with Gasteiger partial charge in [0.2, 0.25) is 5.91 Å². The fourth-order valence-electron chi connectivity index (χ4n) is 1.83. The highest BCUT2D eigenvalue weighted by Gasteiger charge is 2.29. The Hall–Kier alpha value is -0.610. The minimum atomic E-state index is 0.100. The summed E-state index contributed by atoms with van der Waals surface area (Å²) < 4.78 is 5.08. The number of methoxy groups -OCH3 is 1. The van der Waals surface area contributed by atoms with E-state index in [1.54, 1.807) is 7.11 Å². The minimum absolute atomic E-state index is 0.100. The van der Waals surface area contributed by atoms with E-state index in [1.165, 1.54) is 0 Å². The van der Waals surface area contributed by atoms with E-state index in [4.69, 9.17) is 4.74 Å². The Labute approximate surface area is 104 Å². The van der Waals surface area contributed by atoms with Gasteiger partial charge in [0.15, 0.2) is 0 Å². The van der Waals surface area contributed by atoms with Crippen molar-refractivity contribution in [2.45, 2.75) is 27.2 Å². The number of hydrogen-bond donors (Lipinski definition) is 2. The van der Waals surface area contributed by atoms with Gasteiger partial charge in [0, 0.05) is 26.2 Å². The van der Waals surface area contributed by atoms with Gasteiger partial charge in [0.1, 0.15) is 0 Å². The molecule has 1 saturated heterocycles.